The maximum absolute atomic E-state index is 12.1. The average molecular weight is 337 g/mol. The summed E-state index contributed by atoms with van der Waals surface area (Å²) < 4.78 is 33.5. The number of benzene rings is 1. The highest BCUT2D eigenvalue weighted by Crippen LogP contribution is 2.18. The van der Waals surface area contributed by atoms with Gasteiger partial charge in [-0.05, 0) is 30.5 Å². The van der Waals surface area contributed by atoms with Crippen molar-refractivity contribution in [3.63, 3.8) is 0 Å². The average Bonchev–Trinajstić information content (AvgIpc) is 2.46. The Hall–Kier alpha value is -1.44. The van der Waals surface area contributed by atoms with E-state index in [9.17, 15) is 13.6 Å². The molecule has 1 aromatic carbocycles. The zero-order chi connectivity index (χ0) is 15.3. The highest BCUT2D eigenvalue weighted by atomic mass is 35.5. The maximum atomic E-state index is 12.1. The molecule has 1 fully saturated rings. The van der Waals surface area contributed by atoms with Crippen molar-refractivity contribution in [2.45, 2.75) is 31.5 Å². The second kappa shape index (κ2) is 8.26. The zero-order valence-corrected chi connectivity index (χ0v) is 12.7. The van der Waals surface area contributed by atoms with Gasteiger partial charge < -0.3 is 20.5 Å². The highest BCUT2D eigenvalue weighted by Gasteiger charge is 2.35. The number of alkyl halides is 2. The van der Waals surface area contributed by atoms with Gasteiger partial charge in [0.05, 0.1) is 5.54 Å². The molecule has 1 heterocycles. The van der Waals surface area contributed by atoms with Crippen LogP contribution in [-0.2, 0) is 16.1 Å². The molecule has 1 saturated heterocycles. The van der Waals surface area contributed by atoms with Gasteiger partial charge in [0, 0.05) is 19.8 Å². The number of hydrogen-bond donors (Lipinski definition) is 2. The van der Waals surface area contributed by atoms with Crippen LogP contribution >= 0.6 is 12.4 Å². The summed E-state index contributed by atoms with van der Waals surface area (Å²) in [5.74, 6) is -0.140. The number of amides is 1. The van der Waals surface area contributed by atoms with Gasteiger partial charge in [0.2, 0.25) is 5.91 Å². The first kappa shape index (κ1) is 18.6. The molecule has 124 valence electrons. The van der Waals surface area contributed by atoms with Crippen molar-refractivity contribution in [2.24, 2.45) is 5.73 Å². The molecule has 0 radical (unpaired) electrons. The predicted octanol–water partition coefficient (Wildman–Crippen LogP) is 1.83. The summed E-state index contributed by atoms with van der Waals surface area (Å²) in [5.41, 5.74) is 5.94. The molecular weight excluding hydrogens is 318 g/mol. The van der Waals surface area contributed by atoms with E-state index in [1.54, 1.807) is 12.1 Å². The van der Waals surface area contributed by atoms with Gasteiger partial charge >= 0.3 is 6.61 Å². The van der Waals surface area contributed by atoms with Crippen LogP contribution in [0.4, 0.5) is 8.78 Å². The third kappa shape index (κ3) is 5.08. The lowest BCUT2D eigenvalue weighted by Crippen LogP contribution is -2.56. The third-order valence-electron chi connectivity index (χ3n) is 3.44. The van der Waals surface area contributed by atoms with Crippen molar-refractivity contribution in [3.8, 4) is 5.75 Å². The Kier molecular flexibility index (Phi) is 6.99. The van der Waals surface area contributed by atoms with Crippen LogP contribution in [0.15, 0.2) is 24.3 Å². The Labute approximate surface area is 133 Å². The molecule has 0 atom stereocenters. The second-order valence-electron chi connectivity index (χ2n) is 4.97. The maximum Gasteiger partial charge on any atom is 0.387 e. The number of ether oxygens (including phenoxy) is 2. The van der Waals surface area contributed by atoms with Crippen LogP contribution in [0.25, 0.3) is 0 Å². The van der Waals surface area contributed by atoms with E-state index in [1.165, 1.54) is 12.1 Å². The monoisotopic (exact) mass is 336 g/mol. The number of halogens is 3. The summed E-state index contributed by atoms with van der Waals surface area (Å²) in [6.45, 7) is -1.61. The third-order valence-corrected chi connectivity index (χ3v) is 3.44. The minimum Gasteiger partial charge on any atom is -0.435 e. The Bertz CT molecular complexity index is 479. The molecule has 5 nitrogen and oxygen atoms in total. The number of nitrogens with two attached hydrogens (primary N) is 1. The fourth-order valence-corrected chi connectivity index (χ4v) is 2.11. The molecule has 1 aliphatic heterocycles. The topological polar surface area (TPSA) is 73.6 Å². The van der Waals surface area contributed by atoms with E-state index in [-0.39, 0.29) is 30.6 Å². The summed E-state index contributed by atoms with van der Waals surface area (Å²) in [4.78, 5) is 12.1. The molecule has 1 aliphatic rings. The summed E-state index contributed by atoms with van der Waals surface area (Å²) in [6, 6.07) is 6.09. The number of carbonyl (C=O) groups excluding carboxylic acids is 1. The van der Waals surface area contributed by atoms with E-state index in [2.05, 4.69) is 10.1 Å². The number of nitrogens with one attached hydrogen (secondary N) is 1. The second-order valence-corrected chi connectivity index (χ2v) is 4.97. The Balaban J connectivity index is 0.00000242. The molecule has 0 unspecified atom stereocenters. The van der Waals surface area contributed by atoms with Gasteiger partial charge in [0.1, 0.15) is 5.75 Å². The predicted molar refractivity (Wildman–Crippen MR) is 79.1 cm³/mol. The van der Waals surface area contributed by atoms with Crippen molar-refractivity contribution in [2.75, 3.05) is 13.2 Å². The van der Waals surface area contributed by atoms with Crippen LogP contribution in [0.5, 0.6) is 5.75 Å². The van der Waals surface area contributed by atoms with Crippen LogP contribution in [0.1, 0.15) is 18.4 Å². The summed E-state index contributed by atoms with van der Waals surface area (Å²) in [6.07, 6.45) is 0.972. The lowest BCUT2D eigenvalue weighted by molar-refractivity contribution is -0.129. The van der Waals surface area contributed by atoms with E-state index in [0.29, 0.717) is 26.1 Å². The van der Waals surface area contributed by atoms with Crippen molar-refractivity contribution >= 4 is 18.3 Å². The van der Waals surface area contributed by atoms with Gasteiger partial charge in [0.25, 0.3) is 0 Å². The standard InChI is InChI=1S/C14H18F2N2O3.ClH/c15-13(16)21-11-3-1-10(2-4-11)9-18-12(19)14(17)5-7-20-8-6-14;/h1-4,13H,5-9,17H2,(H,18,19);1H. The minimum atomic E-state index is -2.85. The molecule has 3 N–H and O–H groups in total. The van der Waals surface area contributed by atoms with Gasteiger partial charge in [0.15, 0.2) is 0 Å². The SMILES string of the molecule is Cl.NC1(C(=O)NCc2ccc(OC(F)F)cc2)CCOCC1. The van der Waals surface area contributed by atoms with Crippen LogP contribution in [0.3, 0.4) is 0 Å². The zero-order valence-electron chi connectivity index (χ0n) is 11.9. The van der Waals surface area contributed by atoms with Gasteiger partial charge in [-0.2, -0.15) is 8.78 Å². The van der Waals surface area contributed by atoms with Gasteiger partial charge in [-0.1, -0.05) is 12.1 Å². The fraction of sp³-hybridized carbons (Fsp3) is 0.500. The first-order valence-electron chi connectivity index (χ1n) is 6.68. The minimum absolute atomic E-state index is 0. The molecule has 2 rings (SSSR count). The summed E-state index contributed by atoms with van der Waals surface area (Å²) in [7, 11) is 0. The van der Waals surface area contributed by atoms with Crippen LogP contribution in [0.2, 0.25) is 0 Å². The molecule has 8 heteroatoms. The van der Waals surface area contributed by atoms with E-state index >= 15 is 0 Å². The molecule has 0 saturated carbocycles. The van der Waals surface area contributed by atoms with Crippen molar-refractivity contribution in [3.05, 3.63) is 29.8 Å². The van der Waals surface area contributed by atoms with Gasteiger partial charge in [-0.15, -0.1) is 12.4 Å². The van der Waals surface area contributed by atoms with E-state index in [1.807, 2.05) is 0 Å². The van der Waals surface area contributed by atoms with Crippen molar-refractivity contribution < 1.29 is 23.0 Å². The lowest BCUT2D eigenvalue weighted by Gasteiger charge is -2.31. The normalized spacial score (nSPS) is 16.7. The molecule has 0 spiro atoms. The first-order valence-corrected chi connectivity index (χ1v) is 6.68. The molecule has 22 heavy (non-hydrogen) atoms. The van der Waals surface area contributed by atoms with E-state index in [0.717, 1.165) is 5.56 Å². The number of hydrogen-bond acceptors (Lipinski definition) is 4. The summed E-state index contributed by atoms with van der Waals surface area (Å²) >= 11 is 0. The van der Waals surface area contributed by atoms with Crippen LogP contribution < -0.4 is 15.8 Å². The molecular formula is C14H19ClF2N2O3. The first-order chi connectivity index (χ1) is 9.99. The van der Waals surface area contributed by atoms with Gasteiger partial charge in [-0.25, -0.2) is 0 Å². The Morgan fingerprint density at radius 2 is 1.91 bits per heavy atom. The summed E-state index contributed by atoms with van der Waals surface area (Å²) in [5, 5.41) is 2.76. The van der Waals surface area contributed by atoms with Crippen molar-refractivity contribution in [1.82, 2.24) is 5.32 Å². The van der Waals surface area contributed by atoms with Crippen molar-refractivity contribution in [1.29, 1.82) is 0 Å². The molecule has 0 bridgehead atoms. The molecule has 1 amide bonds. The Morgan fingerprint density at radius 3 is 2.45 bits per heavy atom. The smallest absolute Gasteiger partial charge is 0.387 e. The van der Waals surface area contributed by atoms with Crippen LogP contribution in [-0.4, -0.2) is 31.3 Å². The number of carbonyl (C=O) groups is 1. The van der Waals surface area contributed by atoms with E-state index < -0.39 is 12.2 Å². The quantitative estimate of drug-likeness (QED) is 0.860. The van der Waals surface area contributed by atoms with Gasteiger partial charge in [-0.3, -0.25) is 4.79 Å². The molecule has 1 aromatic rings. The fourth-order valence-electron chi connectivity index (χ4n) is 2.11. The Morgan fingerprint density at radius 1 is 1.32 bits per heavy atom. The molecule has 0 aliphatic carbocycles. The molecule has 0 aromatic heterocycles. The van der Waals surface area contributed by atoms with E-state index in [4.69, 9.17) is 10.5 Å². The van der Waals surface area contributed by atoms with Crippen LogP contribution in [0, 0.1) is 0 Å². The largest absolute Gasteiger partial charge is 0.435 e. The highest BCUT2D eigenvalue weighted by molar-refractivity contribution is 5.86. The number of rotatable bonds is 5. The lowest BCUT2D eigenvalue weighted by atomic mass is 9.90.